The van der Waals surface area contributed by atoms with Crippen LogP contribution < -0.4 is 0 Å². The molecule has 0 aromatic carbocycles. The van der Waals surface area contributed by atoms with Gasteiger partial charge in [-0.2, -0.15) is 0 Å². The monoisotopic (exact) mass is 710 g/mol. The lowest BCUT2D eigenvalue weighted by Gasteiger charge is -2.18. The third-order valence-corrected chi connectivity index (χ3v) is 10.2. The highest BCUT2D eigenvalue weighted by Crippen LogP contribution is 2.43. The molecule has 9 heterocycles. The summed E-state index contributed by atoms with van der Waals surface area (Å²) >= 11 is 0. The van der Waals surface area contributed by atoms with Crippen LogP contribution in [0.2, 0.25) is 0 Å². The highest BCUT2D eigenvalue weighted by molar-refractivity contribution is 5.84. The zero-order chi connectivity index (χ0) is 36.2. The van der Waals surface area contributed by atoms with E-state index in [-0.39, 0.29) is 24.4 Å². The summed E-state index contributed by atoms with van der Waals surface area (Å²) in [5.41, 5.74) is 10.1. The largest absolute Gasteiger partial charge is 0.355 e. The van der Waals surface area contributed by atoms with Crippen molar-refractivity contribution in [3.8, 4) is 0 Å². The van der Waals surface area contributed by atoms with E-state index in [0.29, 0.717) is 26.4 Å². The second-order valence-electron chi connectivity index (χ2n) is 15.9. The lowest BCUT2D eigenvalue weighted by Crippen LogP contribution is -2.20. The molecule has 2 N–H and O–H groups in total. The van der Waals surface area contributed by atoms with E-state index in [0.717, 1.165) is 67.1 Å². The minimum atomic E-state index is -0.749. The van der Waals surface area contributed by atoms with Crippen LogP contribution in [0.5, 0.6) is 0 Å². The van der Waals surface area contributed by atoms with Crippen LogP contribution in [0, 0.1) is 0 Å². The Labute approximate surface area is 302 Å². The SMILES string of the molecule is CC1(C)OCC(c2c3nc(c(C4COC(C)(C)O4)c4ccc([nH]4)c(C4COC(C)(C)O4)c4nc(c(C5COC(C)(C)O5)c5ccc2[nH]5)C=C4)C=C3)O1. The summed E-state index contributed by atoms with van der Waals surface area (Å²) in [6.07, 6.45) is 6.66. The molecule has 0 aliphatic carbocycles. The molecule has 6 aliphatic rings. The normalized spacial score (nSPS) is 28.3. The van der Waals surface area contributed by atoms with E-state index in [1.54, 1.807) is 0 Å². The number of H-pyrrole nitrogens is 2. The fourth-order valence-electron chi connectivity index (χ4n) is 7.97. The van der Waals surface area contributed by atoms with E-state index in [4.69, 9.17) is 47.9 Å². The van der Waals surface area contributed by atoms with Crippen molar-refractivity contribution in [1.82, 2.24) is 19.9 Å². The number of hydrogen-bond acceptors (Lipinski definition) is 10. The van der Waals surface area contributed by atoms with E-state index in [1.165, 1.54) is 0 Å². The summed E-state index contributed by atoms with van der Waals surface area (Å²) in [5.74, 6) is -2.99. The number of ether oxygens (including phenoxy) is 8. The maximum absolute atomic E-state index is 6.49. The summed E-state index contributed by atoms with van der Waals surface area (Å²) in [6, 6.07) is 8.27. The van der Waals surface area contributed by atoms with Crippen molar-refractivity contribution in [2.45, 2.75) is 103 Å². The summed E-state index contributed by atoms with van der Waals surface area (Å²) in [7, 11) is 0. The molecule has 6 aliphatic heterocycles. The molecule has 0 radical (unpaired) electrons. The van der Waals surface area contributed by atoms with Crippen LogP contribution in [0.25, 0.3) is 46.4 Å². The van der Waals surface area contributed by atoms with Crippen LogP contribution in [0.4, 0.5) is 0 Å². The molecule has 0 spiro atoms. The van der Waals surface area contributed by atoms with Crippen molar-refractivity contribution in [1.29, 1.82) is 0 Å². The predicted octanol–water partition coefficient (Wildman–Crippen LogP) is 7.95. The second-order valence-corrected chi connectivity index (χ2v) is 15.9. The van der Waals surface area contributed by atoms with Crippen LogP contribution in [0.1, 0.15) is 125 Å². The first-order valence-electron chi connectivity index (χ1n) is 18.1. The van der Waals surface area contributed by atoms with Crippen molar-refractivity contribution < 1.29 is 37.9 Å². The third kappa shape index (κ3) is 6.14. The molecule has 274 valence electrons. The molecule has 3 aromatic rings. The number of hydrogen-bond donors (Lipinski definition) is 2. The average molecular weight is 711 g/mol. The molecule has 4 saturated heterocycles. The predicted molar refractivity (Wildman–Crippen MR) is 194 cm³/mol. The molecular formula is C40H46N4O8. The molecule has 0 saturated carbocycles. The number of nitrogens with zero attached hydrogens (tertiary/aromatic N) is 2. The topological polar surface area (TPSA) is 131 Å². The maximum Gasteiger partial charge on any atom is 0.163 e. The molecule has 4 unspecified atom stereocenters. The Morgan fingerprint density at radius 1 is 0.423 bits per heavy atom. The zero-order valence-electron chi connectivity index (χ0n) is 30.9. The van der Waals surface area contributed by atoms with Crippen LogP contribution >= 0.6 is 0 Å². The fourth-order valence-corrected chi connectivity index (χ4v) is 7.97. The summed E-state index contributed by atoms with van der Waals surface area (Å²) < 4.78 is 50.3. The summed E-state index contributed by atoms with van der Waals surface area (Å²) in [5, 5.41) is 0. The first kappa shape index (κ1) is 34.1. The van der Waals surface area contributed by atoms with Gasteiger partial charge in [-0.05, 0) is 104 Å². The number of aromatic nitrogens is 4. The quantitative estimate of drug-likeness (QED) is 0.189. The standard InChI is InChI=1S/C40H46N4O8/c1-37(2)45-17-29(49-37)33-21-9-11-23(41-21)34(30-18-46-38(3,4)50-30)25-13-15-27(43-25)36(32-20-48-40(7,8)52-32)28-16-14-26(44-28)35(24-12-10-22(33)42-24)31-19-47-39(5,6)51-31/h9-16,29-32,41,44H,17-20H2,1-8H3. The molecule has 12 heteroatoms. The van der Waals surface area contributed by atoms with Crippen LogP contribution in [0.15, 0.2) is 24.3 Å². The van der Waals surface area contributed by atoms with Crippen LogP contribution in [-0.4, -0.2) is 69.5 Å². The van der Waals surface area contributed by atoms with Gasteiger partial charge in [-0.1, -0.05) is 0 Å². The highest BCUT2D eigenvalue weighted by Gasteiger charge is 2.40. The van der Waals surface area contributed by atoms with E-state index < -0.39 is 23.1 Å². The van der Waals surface area contributed by atoms with Gasteiger partial charge in [-0.15, -0.1) is 0 Å². The smallest absolute Gasteiger partial charge is 0.163 e. The van der Waals surface area contributed by atoms with E-state index in [1.807, 2.05) is 79.7 Å². The molecule has 8 bridgehead atoms. The summed E-state index contributed by atoms with van der Waals surface area (Å²) in [6.45, 7) is 17.0. The van der Waals surface area contributed by atoms with Gasteiger partial charge in [0.15, 0.2) is 23.1 Å². The first-order chi connectivity index (χ1) is 24.6. The van der Waals surface area contributed by atoms with Crippen molar-refractivity contribution in [3.63, 3.8) is 0 Å². The number of aromatic amines is 2. The number of rotatable bonds is 4. The van der Waals surface area contributed by atoms with Crippen molar-refractivity contribution in [3.05, 3.63) is 69.3 Å². The number of nitrogens with one attached hydrogen (secondary N) is 2. The highest BCUT2D eigenvalue weighted by atomic mass is 16.8. The average Bonchev–Trinajstić information content (AvgIpc) is 3.90. The van der Waals surface area contributed by atoms with Gasteiger partial charge in [0.2, 0.25) is 0 Å². The lowest BCUT2D eigenvalue weighted by atomic mass is 10.1. The Morgan fingerprint density at radius 2 is 0.654 bits per heavy atom. The molecule has 3 aromatic heterocycles. The Bertz CT molecular complexity index is 1880. The lowest BCUT2D eigenvalue weighted by molar-refractivity contribution is -0.139. The van der Waals surface area contributed by atoms with Gasteiger partial charge in [0.25, 0.3) is 0 Å². The molecule has 52 heavy (non-hydrogen) atoms. The van der Waals surface area contributed by atoms with Gasteiger partial charge >= 0.3 is 0 Å². The van der Waals surface area contributed by atoms with Gasteiger partial charge in [0, 0.05) is 44.3 Å². The molecule has 9 rings (SSSR count). The van der Waals surface area contributed by atoms with E-state index in [2.05, 4.69) is 34.2 Å². The minimum Gasteiger partial charge on any atom is -0.355 e. The Kier molecular flexibility index (Phi) is 7.79. The van der Waals surface area contributed by atoms with Crippen LogP contribution in [-0.2, 0) is 37.9 Å². The minimum absolute atomic E-state index is 0.374. The number of fused-ring (bicyclic) bond motifs is 8. The van der Waals surface area contributed by atoms with Crippen molar-refractivity contribution in [2.24, 2.45) is 0 Å². The first-order valence-corrected chi connectivity index (χ1v) is 18.1. The molecular weight excluding hydrogens is 664 g/mol. The van der Waals surface area contributed by atoms with Gasteiger partial charge in [0.1, 0.15) is 24.4 Å². The molecule has 4 atom stereocenters. The summed E-state index contributed by atoms with van der Waals surface area (Å²) in [4.78, 5) is 18.0. The maximum atomic E-state index is 6.49. The Morgan fingerprint density at radius 3 is 0.846 bits per heavy atom. The fraction of sp³-hybridized carbons (Fsp3) is 0.500. The van der Waals surface area contributed by atoms with Crippen molar-refractivity contribution >= 4 is 46.4 Å². The van der Waals surface area contributed by atoms with Crippen LogP contribution in [0.3, 0.4) is 0 Å². The second kappa shape index (κ2) is 11.9. The van der Waals surface area contributed by atoms with Crippen molar-refractivity contribution in [2.75, 3.05) is 26.4 Å². The van der Waals surface area contributed by atoms with Gasteiger partial charge in [0.05, 0.1) is 49.2 Å². The van der Waals surface area contributed by atoms with E-state index in [9.17, 15) is 0 Å². The Hall–Kier alpha value is -3.72. The molecule has 0 amide bonds. The Balaban J connectivity index is 1.37. The zero-order valence-corrected chi connectivity index (χ0v) is 30.9. The third-order valence-electron chi connectivity index (χ3n) is 10.2. The van der Waals surface area contributed by atoms with E-state index >= 15 is 0 Å². The molecule has 12 nitrogen and oxygen atoms in total. The molecule has 4 fully saturated rings. The van der Waals surface area contributed by atoms with Gasteiger partial charge in [-0.3, -0.25) is 0 Å². The van der Waals surface area contributed by atoms with Gasteiger partial charge < -0.3 is 47.9 Å². The van der Waals surface area contributed by atoms with Gasteiger partial charge in [-0.25, -0.2) is 9.97 Å².